The third-order valence-electron chi connectivity index (χ3n) is 10.4. The number of ketones is 1. The van der Waals surface area contributed by atoms with Crippen LogP contribution in [0.1, 0.15) is 83.3 Å². The zero-order valence-corrected chi connectivity index (χ0v) is 30.4. The first-order valence-corrected chi connectivity index (χ1v) is 17.8. The molecular formula is C37H49N7O8. The highest BCUT2D eigenvalue weighted by Crippen LogP contribution is 2.50. The van der Waals surface area contributed by atoms with Gasteiger partial charge in [-0.3, -0.25) is 33.8 Å². The van der Waals surface area contributed by atoms with Gasteiger partial charge in [0.05, 0.1) is 12.2 Å². The maximum absolute atomic E-state index is 14.2. The summed E-state index contributed by atoms with van der Waals surface area (Å²) in [5.41, 5.74) is -0.145. The molecule has 3 heterocycles. The molecule has 52 heavy (non-hydrogen) atoms. The van der Waals surface area contributed by atoms with Crippen LogP contribution in [0.15, 0.2) is 48.9 Å². The second-order valence-corrected chi connectivity index (χ2v) is 14.2. The van der Waals surface area contributed by atoms with E-state index in [-0.39, 0.29) is 30.4 Å². The predicted molar refractivity (Wildman–Crippen MR) is 188 cm³/mol. The van der Waals surface area contributed by atoms with Crippen molar-refractivity contribution in [3.63, 3.8) is 0 Å². The van der Waals surface area contributed by atoms with Crippen molar-refractivity contribution in [1.82, 2.24) is 36.1 Å². The standard InChI is InChI=1S/C37H49N7O8/c1-7-12-24(30(45)34(49)41-25(36(51)52)17-22-13-10-9-11-14-22)40-33(48)29-23(8-2)18-37(6)21(5)28(35(50)44(29)37)43-32(47)27(20(3)4)42-31(46)26-19-38-15-16-39-26/h9-11,13-16,19-21,23-25,27-29H,7-8,12,17-18H2,1-6H3,(H,40,48)(H,41,49)(H,42,46)(H,43,47)(H,51,52)/t21?,23-,24?,25-,27-,28-,29-,37?/m0/s1. The second-order valence-electron chi connectivity index (χ2n) is 14.2. The first-order chi connectivity index (χ1) is 24.6. The van der Waals surface area contributed by atoms with Crippen molar-refractivity contribution >= 4 is 41.3 Å². The van der Waals surface area contributed by atoms with Crippen molar-refractivity contribution in [3.8, 4) is 0 Å². The van der Waals surface area contributed by atoms with Crippen molar-refractivity contribution in [3.05, 3.63) is 60.2 Å². The summed E-state index contributed by atoms with van der Waals surface area (Å²) in [4.78, 5) is 103. The highest BCUT2D eigenvalue weighted by atomic mass is 16.4. The lowest BCUT2D eigenvalue weighted by Gasteiger charge is -2.34. The molecule has 15 nitrogen and oxygen atoms in total. The quantitative estimate of drug-likeness (QED) is 0.157. The van der Waals surface area contributed by atoms with Gasteiger partial charge in [0.25, 0.3) is 11.8 Å². The van der Waals surface area contributed by atoms with E-state index in [0.717, 1.165) is 0 Å². The fraction of sp³-hybridized carbons (Fsp3) is 0.541. The molecule has 0 spiro atoms. The van der Waals surface area contributed by atoms with Crippen molar-refractivity contribution in [2.75, 3.05) is 0 Å². The van der Waals surface area contributed by atoms with Crippen LogP contribution in [0.25, 0.3) is 0 Å². The van der Waals surface area contributed by atoms with E-state index in [1.165, 1.54) is 23.5 Å². The summed E-state index contributed by atoms with van der Waals surface area (Å²) in [6, 6.07) is 3.03. The molecule has 280 valence electrons. The van der Waals surface area contributed by atoms with Crippen molar-refractivity contribution < 1.29 is 38.7 Å². The van der Waals surface area contributed by atoms with Gasteiger partial charge in [-0.1, -0.05) is 77.8 Å². The molecule has 0 aliphatic carbocycles. The molecule has 2 aromatic rings. The zero-order chi connectivity index (χ0) is 38.3. The number of benzene rings is 1. The van der Waals surface area contributed by atoms with E-state index >= 15 is 0 Å². The Balaban J connectivity index is 1.50. The molecule has 5 N–H and O–H groups in total. The molecule has 0 saturated carbocycles. The van der Waals surface area contributed by atoms with Gasteiger partial charge in [0, 0.05) is 30.3 Å². The number of fused-ring (bicyclic) bond motifs is 1. The molecule has 15 heteroatoms. The average molecular weight is 720 g/mol. The van der Waals surface area contributed by atoms with Gasteiger partial charge in [0.1, 0.15) is 29.9 Å². The Morgan fingerprint density at radius 2 is 1.69 bits per heavy atom. The van der Waals surface area contributed by atoms with Gasteiger partial charge in [0.15, 0.2) is 0 Å². The molecule has 5 amide bonds. The molecule has 1 aromatic carbocycles. The fourth-order valence-electron chi connectivity index (χ4n) is 7.33. The third kappa shape index (κ3) is 8.45. The number of aliphatic carboxylic acids is 1. The lowest BCUT2D eigenvalue weighted by molar-refractivity contribution is -0.146. The summed E-state index contributed by atoms with van der Waals surface area (Å²) >= 11 is 0. The zero-order valence-electron chi connectivity index (χ0n) is 30.4. The van der Waals surface area contributed by atoms with Crippen LogP contribution < -0.4 is 21.3 Å². The van der Waals surface area contributed by atoms with E-state index in [0.29, 0.717) is 24.8 Å². The number of Topliss-reactive ketones (excluding diaryl/α,β-unsaturated/α-hetero) is 1. The molecule has 2 fully saturated rings. The number of amides is 5. The number of nitrogens with zero attached hydrogens (tertiary/aromatic N) is 3. The van der Waals surface area contributed by atoms with Crippen LogP contribution in [0.2, 0.25) is 0 Å². The summed E-state index contributed by atoms with van der Waals surface area (Å²) in [5.74, 6) is -6.74. The van der Waals surface area contributed by atoms with Crippen molar-refractivity contribution in [2.24, 2.45) is 17.8 Å². The number of carboxylic acids is 1. The number of aromatic nitrogens is 2. The third-order valence-corrected chi connectivity index (χ3v) is 10.4. The van der Waals surface area contributed by atoms with Crippen LogP contribution in [0.4, 0.5) is 0 Å². The molecule has 3 unspecified atom stereocenters. The molecule has 1 aromatic heterocycles. The maximum atomic E-state index is 14.2. The summed E-state index contributed by atoms with van der Waals surface area (Å²) in [6.07, 6.45) is 5.54. The van der Waals surface area contributed by atoms with Gasteiger partial charge in [-0.15, -0.1) is 0 Å². The molecular weight excluding hydrogens is 670 g/mol. The number of hydrogen-bond donors (Lipinski definition) is 5. The molecule has 2 aliphatic heterocycles. The SMILES string of the molecule is CCCC(NC(=O)[C@@H]1[C@@H](CC)CC2(C)C(C)[C@H](NC(=O)[C@@H](NC(=O)c3cnccn3)C(C)C)C(=O)N12)C(=O)C(=O)N[C@@H](Cc1ccccc1)C(=O)O. The lowest BCUT2D eigenvalue weighted by Crippen LogP contribution is -2.58. The van der Waals surface area contributed by atoms with Crippen LogP contribution >= 0.6 is 0 Å². The smallest absolute Gasteiger partial charge is 0.326 e. The number of hydrogen-bond acceptors (Lipinski definition) is 9. The molecule has 2 saturated heterocycles. The highest BCUT2D eigenvalue weighted by molar-refractivity contribution is 6.38. The number of carbonyl (C=O) groups is 7. The molecule has 0 radical (unpaired) electrons. The minimum Gasteiger partial charge on any atom is -0.480 e. The van der Waals surface area contributed by atoms with Gasteiger partial charge in [-0.2, -0.15) is 0 Å². The highest BCUT2D eigenvalue weighted by Gasteiger charge is 2.63. The Hall–Kier alpha value is -5.21. The monoisotopic (exact) mass is 719 g/mol. The van der Waals surface area contributed by atoms with Crippen LogP contribution in [0.3, 0.4) is 0 Å². The van der Waals surface area contributed by atoms with Gasteiger partial charge in [-0.25, -0.2) is 9.78 Å². The van der Waals surface area contributed by atoms with E-state index < -0.39 is 83.0 Å². The number of nitrogens with one attached hydrogen (secondary N) is 4. The minimum absolute atomic E-state index is 0.0325. The van der Waals surface area contributed by atoms with Crippen LogP contribution in [0.5, 0.6) is 0 Å². The van der Waals surface area contributed by atoms with E-state index in [4.69, 9.17) is 0 Å². The van der Waals surface area contributed by atoms with Gasteiger partial charge >= 0.3 is 5.97 Å². The summed E-state index contributed by atoms with van der Waals surface area (Å²) in [5, 5.41) is 20.3. The molecule has 2 aliphatic rings. The topological polar surface area (TPSA) is 217 Å². The van der Waals surface area contributed by atoms with Gasteiger partial charge in [0.2, 0.25) is 23.5 Å². The van der Waals surface area contributed by atoms with Crippen LogP contribution in [0, 0.1) is 17.8 Å². The Morgan fingerprint density at radius 1 is 1.00 bits per heavy atom. The molecule has 8 atom stereocenters. The first kappa shape index (κ1) is 39.6. The van der Waals surface area contributed by atoms with E-state index in [1.54, 1.807) is 51.1 Å². The largest absolute Gasteiger partial charge is 0.480 e. The molecule has 0 bridgehead atoms. The van der Waals surface area contributed by atoms with E-state index in [2.05, 4.69) is 31.2 Å². The normalized spacial score (nSPS) is 24.0. The minimum atomic E-state index is -1.37. The summed E-state index contributed by atoms with van der Waals surface area (Å²) in [6.45, 7) is 10.9. The van der Waals surface area contributed by atoms with Gasteiger partial charge in [-0.05, 0) is 37.2 Å². The Labute approximate surface area is 303 Å². The fourth-order valence-corrected chi connectivity index (χ4v) is 7.33. The Bertz CT molecular complexity index is 1660. The number of carbonyl (C=O) groups excluding carboxylic acids is 6. The van der Waals surface area contributed by atoms with E-state index in [1.807, 2.05) is 20.8 Å². The first-order valence-electron chi connectivity index (χ1n) is 17.8. The Morgan fingerprint density at radius 3 is 2.27 bits per heavy atom. The Kier molecular flexibility index (Phi) is 12.8. The molecule has 4 rings (SSSR count). The number of carboxylic acid groups (broad SMARTS) is 1. The average Bonchev–Trinajstić information content (AvgIpc) is 3.53. The van der Waals surface area contributed by atoms with Crippen LogP contribution in [-0.4, -0.2) is 97.0 Å². The van der Waals surface area contributed by atoms with Gasteiger partial charge < -0.3 is 31.3 Å². The number of rotatable bonds is 16. The van der Waals surface area contributed by atoms with Crippen LogP contribution in [-0.2, 0) is 35.2 Å². The second kappa shape index (κ2) is 16.9. The van der Waals surface area contributed by atoms with Crippen molar-refractivity contribution in [2.45, 2.75) is 109 Å². The van der Waals surface area contributed by atoms with Crippen molar-refractivity contribution in [1.29, 1.82) is 0 Å². The predicted octanol–water partition coefficient (Wildman–Crippen LogP) is 1.42. The lowest BCUT2D eigenvalue weighted by atomic mass is 9.80. The van der Waals surface area contributed by atoms with E-state index in [9.17, 15) is 38.7 Å². The summed E-state index contributed by atoms with van der Waals surface area (Å²) in [7, 11) is 0. The maximum Gasteiger partial charge on any atom is 0.326 e. The summed E-state index contributed by atoms with van der Waals surface area (Å²) < 4.78 is 0.